The molecule has 0 saturated heterocycles. The first kappa shape index (κ1) is 10.5. The highest BCUT2D eigenvalue weighted by atomic mass is 19.3. The van der Waals surface area contributed by atoms with Crippen molar-refractivity contribution in [1.29, 1.82) is 0 Å². The first-order chi connectivity index (χ1) is 5.94. The highest BCUT2D eigenvalue weighted by Crippen LogP contribution is 2.35. The van der Waals surface area contributed by atoms with Gasteiger partial charge in [0.25, 0.3) is 0 Å². The SMILES string of the molecule is O=C(CCC1CC1)C(F)(F)C(F)F. The van der Waals surface area contributed by atoms with E-state index < -0.39 is 24.6 Å². The van der Waals surface area contributed by atoms with E-state index in [2.05, 4.69) is 0 Å². The van der Waals surface area contributed by atoms with Gasteiger partial charge in [-0.3, -0.25) is 4.79 Å². The standard InChI is InChI=1S/C8H10F4O/c9-7(10)8(11,12)6(13)4-3-5-1-2-5/h5,7H,1-4H2. The van der Waals surface area contributed by atoms with Crippen molar-refractivity contribution in [3.8, 4) is 0 Å². The monoisotopic (exact) mass is 198 g/mol. The fourth-order valence-corrected chi connectivity index (χ4v) is 1.03. The van der Waals surface area contributed by atoms with Crippen LogP contribution in [-0.4, -0.2) is 18.1 Å². The van der Waals surface area contributed by atoms with Crippen LogP contribution in [0.4, 0.5) is 17.6 Å². The number of carbonyl (C=O) groups excluding carboxylic acids is 1. The Balaban J connectivity index is 2.35. The van der Waals surface area contributed by atoms with Gasteiger partial charge in [0.1, 0.15) is 0 Å². The lowest BCUT2D eigenvalue weighted by molar-refractivity contribution is -0.167. The predicted molar refractivity (Wildman–Crippen MR) is 37.9 cm³/mol. The molecule has 1 nitrogen and oxygen atoms in total. The molecule has 0 aromatic carbocycles. The lowest BCUT2D eigenvalue weighted by Gasteiger charge is -2.12. The van der Waals surface area contributed by atoms with Crippen LogP contribution in [0.3, 0.4) is 0 Å². The summed E-state index contributed by atoms with van der Waals surface area (Å²) >= 11 is 0. The molecule has 1 fully saturated rings. The van der Waals surface area contributed by atoms with Crippen LogP contribution >= 0.6 is 0 Å². The van der Waals surface area contributed by atoms with Crippen LogP contribution in [0.2, 0.25) is 0 Å². The predicted octanol–water partition coefficient (Wildman–Crippen LogP) is 2.65. The zero-order valence-electron chi connectivity index (χ0n) is 6.90. The Kier molecular flexibility index (Phi) is 2.93. The lowest BCUT2D eigenvalue weighted by Crippen LogP contribution is -2.36. The average Bonchev–Trinajstić information content (AvgIpc) is 2.82. The second kappa shape index (κ2) is 3.64. The number of hydrogen-bond acceptors (Lipinski definition) is 1. The topological polar surface area (TPSA) is 17.1 Å². The minimum atomic E-state index is -4.45. The zero-order chi connectivity index (χ0) is 10.1. The van der Waals surface area contributed by atoms with Crippen molar-refractivity contribution < 1.29 is 22.4 Å². The van der Waals surface area contributed by atoms with Gasteiger partial charge >= 0.3 is 12.3 Å². The van der Waals surface area contributed by atoms with Crippen molar-refractivity contribution in [2.75, 3.05) is 0 Å². The van der Waals surface area contributed by atoms with E-state index in [-0.39, 0.29) is 0 Å². The Labute approximate surface area is 73.1 Å². The van der Waals surface area contributed by atoms with Crippen LogP contribution in [0.5, 0.6) is 0 Å². The van der Waals surface area contributed by atoms with E-state index in [0.717, 1.165) is 12.8 Å². The highest BCUT2D eigenvalue weighted by Gasteiger charge is 2.48. The second-order valence-electron chi connectivity index (χ2n) is 3.33. The van der Waals surface area contributed by atoms with Crippen LogP contribution in [0.15, 0.2) is 0 Å². The normalized spacial score (nSPS) is 17.9. The molecule has 13 heavy (non-hydrogen) atoms. The molecule has 1 rings (SSSR count). The van der Waals surface area contributed by atoms with Gasteiger partial charge in [-0.1, -0.05) is 12.8 Å². The third-order valence-electron chi connectivity index (χ3n) is 2.12. The van der Waals surface area contributed by atoms with E-state index in [0.29, 0.717) is 12.3 Å². The molecule has 0 aliphatic heterocycles. The summed E-state index contributed by atoms with van der Waals surface area (Å²) in [5, 5.41) is 0. The molecule has 0 heterocycles. The van der Waals surface area contributed by atoms with Gasteiger partial charge in [-0.15, -0.1) is 0 Å². The number of hydrogen-bond donors (Lipinski definition) is 0. The summed E-state index contributed by atoms with van der Waals surface area (Å²) < 4.78 is 47.9. The van der Waals surface area contributed by atoms with Crippen molar-refractivity contribution in [3.05, 3.63) is 0 Å². The molecule has 0 amide bonds. The van der Waals surface area contributed by atoms with Gasteiger partial charge in [-0.25, -0.2) is 8.78 Å². The molecule has 0 radical (unpaired) electrons. The molecule has 0 bridgehead atoms. The molecule has 1 aliphatic rings. The number of ketones is 1. The summed E-state index contributed by atoms with van der Waals surface area (Å²) in [7, 11) is 0. The molecule has 5 heteroatoms. The molecular weight excluding hydrogens is 188 g/mol. The number of Topliss-reactive ketones (excluding diaryl/α,β-unsaturated/α-hetero) is 1. The summed E-state index contributed by atoms with van der Waals surface area (Å²) in [6, 6.07) is 0. The lowest BCUT2D eigenvalue weighted by atomic mass is 10.1. The van der Waals surface area contributed by atoms with E-state index >= 15 is 0 Å². The average molecular weight is 198 g/mol. The molecular formula is C8H10F4O. The minimum Gasteiger partial charge on any atom is -0.293 e. The Hall–Kier alpha value is -0.610. The van der Waals surface area contributed by atoms with Crippen molar-refractivity contribution in [2.45, 2.75) is 38.0 Å². The van der Waals surface area contributed by atoms with Gasteiger partial charge in [0, 0.05) is 6.42 Å². The number of alkyl halides is 4. The fourth-order valence-electron chi connectivity index (χ4n) is 1.03. The molecule has 0 unspecified atom stereocenters. The van der Waals surface area contributed by atoms with E-state index in [9.17, 15) is 22.4 Å². The van der Waals surface area contributed by atoms with Gasteiger partial charge < -0.3 is 0 Å². The van der Waals surface area contributed by atoms with Crippen molar-refractivity contribution in [1.82, 2.24) is 0 Å². The molecule has 1 saturated carbocycles. The molecule has 0 N–H and O–H groups in total. The third-order valence-corrected chi connectivity index (χ3v) is 2.12. The van der Waals surface area contributed by atoms with Crippen LogP contribution in [-0.2, 0) is 4.79 Å². The van der Waals surface area contributed by atoms with Crippen LogP contribution in [0.25, 0.3) is 0 Å². The zero-order valence-corrected chi connectivity index (χ0v) is 6.90. The minimum absolute atomic E-state index is 0.303. The second-order valence-corrected chi connectivity index (χ2v) is 3.33. The van der Waals surface area contributed by atoms with Crippen molar-refractivity contribution in [2.24, 2.45) is 5.92 Å². The Morgan fingerprint density at radius 1 is 1.38 bits per heavy atom. The molecule has 76 valence electrons. The third kappa shape index (κ3) is 2.67. The summed E-state index contributed by atoms with van der Waals surface area (Å²) in [4.78, 5) is 10.6. The molecule has 0 aromatic heterocycles. The van der Waals surface area contributed by atoms with Gasteiger partial charge in [0.15, 0.2) is 0 Å². The first-order valence-electron chi connectivity index (χ1n) is 4.14. The Morgan fingerprint density at radius 2 is 1.92 bits per heavy atom. The first-order valence-corrected chi connectivity index (χ1v) is 4.14. The Morgan fingerprint density at radius 3 is 2.31 bits per heavy atom. The Bertz CT molecular complexity index is 198. The van der Waals surface area contributed by atoms with Crippen molar-refractivity contribution in [3.63, 3.8) is 0 Å². The molecule has 0 atom stereocenters. The van der Waals surface area contributed by atoms with Crippen LogP contribution < -0.4 is 0 Å². The maximum atomic E-state index is 12.3. The van der Waals surface area contributed by atoms with Crippen LogP contribution in [0, 0.1) is 5.92 Å². The summed E-state index contributed by atoms with van der Waals surface area (Å²) in [5.41, 5.74) is 0. The smallest absolute Gasteiger partial charge is 0.293 e. The summed E-state index contributed by atoms with van der Waals surface area (Å²) in [5.74, 6) is -5.78. The van der Waals surface area contributed by atoms with Gasteiger partial charge in [-0.05, 0) is 12.3 Å². The number of rotatable bonds is 5. The molecule has 0 aromatic rings. The van der Waals surface area contributed by atoms with E-state index in [1.807, 2.05) is 0 Å². The van der Waals surface area contributed by atoms with E-state index in [1.54, 1.807) is 0 Å². The maximum Gasteiger partial charge on any atom is 0.364 e. The molecule has 0 spiro atoms. The number of carbonyl (C=O) groups is 1. The number of halogens is 4. The van der Waals surface area contributed by atoms with Crippen molar-refractivity contribution >= 4 is 5.78 Å². The quantitative estimate of drug-likeness (QED) is 0.620. The summed E-state index contributed by atoms with van der Waals surface area (Å²) in [6.45, 7) is 0. The molecule has 1 aliphatic carbocycles. The van der Waals surface area contributed by atoms with Gasteiger partial charge in [0.2, 0.25) is 5.78 Å². The van der Waals surface area contributed by atoms with Gasteiger partial charge in [-0.2, -0.15) is 8.78 Å². The summed E-state index contributed by atoms with van der Waals surface area (Å²) in [6.07, 6.45) is -2.14. The highest BCUT2D eigenvalue weighted by molar-refractivity contribution is 5.86. The van der Waals surface area contributed by atoms with E-state index in [4.69, 9.17) is 0 Å². The largest absolute Gasteiger partial charge is 0.364 e. The van der Waals surface area contributed by atoms with Gasteiger partial charge in [0.05, 0.1) is 0 Å². The van der Waals surface area contributed by atoms with E-state index in [1.165, 1.54) is 0 Å². The maximum absolute atomic E-state index is 12.3. The van der Waals surface area contributed by atoms with Crippen LogP contribution in [0.1, 0.15) is 25.7 Å². The fraction of sp³-hybridized carbons (Fsp3) is 0.875.